The van der Waals surface area contributed by atoms with E-state index < -0.39 is 11.6 Å². The lowest BCUT2D eigenvalue weighted by molar-refractivity contribution is 0.413. The van der Waals surface area contributed by atoms with Crippen molar-refractivity contribution in [2.45, 2.75) is 38.3 Å². The summed E-state index contributed by atoms with van der Waals surface area (Å²) >= 11 is 0. The zero-order valence-corrected chi connectivity index (χ0v) is 12.1. The SMILES string of the molecule is CC(NC1CCCc2ccccc21)c1ccc(F)c(F)c1. The molecule has 0 fully saturated rings. The highest BCUT2D eigenvalue weighted by Crippen LogP contribution is 2.31. The van der Waals surface area contributed by atoms with Gasteiger partial charge >= 0.3 is 0 Å². The van der Waals surface area contributed by atoms with Crippen LogP contribution in [0.1, 0.15) is 48.5 Å². The summed E-state index contributed by atoms with van der Waals surface area (Å²) < 4.78 is 26.4. The van der Waals surface area contributed by atoms with Gasteiger partial charge in [-0.2, -0.15) is 0 Å². The number of rotatable bonds is 3. The molecule has 0 aliphatic heterocycles. The maximum atomic E-state index is 13.4. The molecule has 1 nitrogen and oxygen atoms in total. The van der Waals surface area contributed by atoms with Crippen LogP contribution in [-0.4, -0.2) is 0 Å². The molecule has 2 aromatic rings. The Morgan fingerprint density at radius 2 is 1.90 bits per heavy atom. The van der Waals surface area contributed by atoms with E-state index >= 15 is 0 Å². The molecule has 3 rings (SSSR count). The van der Waals surface area contributed by atoms with E-state index in [-0.39, 0.29) is 12.1 Å². The summed E-state index contributed by atoms with van der Waals surface area (Å²) in [5.74, 6) is -1.58. The largest absolute Gasteiger partial charge is 0.303 e. The number of hydrogen-bond acceptors (Lipinski definition) is 1. The summed E-state index contributed by atoms with van der Waals surface area (Å²) in [6.45, 7) is 1.99. The molecule has 0 bridgehead atoms. The van der Waals surface area contributed by atoms with Crippen molar-refractivity contribution in [3.8, 4) is 0 Å². The maximum Gasteiger partial charge on any atom is 0.159 e. The van der Waals surface area contributed by atoms with E-state index in [1.54, 1.807) is 6.07 Å². The highest BCUT2D eigenvalue weighted by Gasteiger charge is 2.21. The number of benzene rings is 2. The molecular formula is C18H19F2N. The third-order valence-corrected chi connectivity index (χ3v) is 4.26. The summed E-state index contributed by atoms with van der Waals surface area (Å²) in [7, 11) is 0. The van der Waals surface area contributed by atoms with Crippen LogP contribution in [0.5, 0.6) is 0 Å². The molecule has 0 spiro atoms. The van der Waals surface area contributed by atoms with Crippen LogP contribution < -0.4 is 5.32 Å². The third-order valence-electron chi connectivity index (χ3n) is 4.26. The molecule has 0 amide bonds. The fourth-order valence-corrected chi connectivity index (χ4v) is 3.11. The fraction of sp³-hybridized carbons (Fsp3) is 0.333. The van der Waals surface area contributed by atoms with E-state index in [9.17, 15) is 8.78 Å². The van der Waals surface area contributed by atoms with Gasteiger partial charge in [0.1, 0.15) is 0 Å². The number of fused-ring (bicyclic) bond motifs is 1. The fourth-order valence-electron chi connectivity index (χ4n) is 3.11. The first-order valence-electron chi connectivity index (χ1n) is 7.44. The highest BCUT2D eigenvalue weighted by molar-refractivity contribution is 5.32. The number of aryl methyl sites for hydroxylation is 1. The molecule has 1 aliphatic rings. The summed E-state index contributed by atoms with van der Waals surface area (Å²) in [5, 5.41) is 3.55. The Bertz CT molecular complexity index is 639. The summed E-state index contributed by atoms with van der Waals surface area (Å²) in [6.07, 6.45) is 3.35. The van der Waals surface area contributed by atoms with Gasteiger partial charge in [-0.25, -0.2) is 8.78 Å². The van der Waals surface area contributed by atoms with Crippen LogP contribution in [0.3, 0.4) is 0 Å². The Morgan fingerprint density at radius 1 is 1.10 bits per heavy atom. The van der Waals surface area contributed by atoms with Crippen molar-refractivity contribution in [1.29, 1.82) is 0 Å². The van der Waals surface area contributed by atoms with Gasteiger partial charge in [-0.3, -0.25) is 0 Å². The average molecular weight is 287 g/mol. The van der Waals surface area contributed by atoms with Gasteiger partial charge in [-0.15, -0.1) is 0 Å². The molecule has 0 radical (unpaired) electrons. The molecule has 2 atom stereocenters. The molecule has 110 valence electrons. The monoisotopic (exact) mass is 287 g/mol. The molecule has 0 saturated carbocycles. The molecule has 3 heteroatoms. The molecule has 1 N–H and O–H groups in total. The number of nitrogens with one attached hydrogen (secondary N) is 1. The van der Waals surface area contributed by atoms with E-state index in [0.717, 1.165) is 24.8 Å². The van der Waals surface area contributed by atoms with Crippen molar-refractivity contribution in [3.63, 3.8) is 0 Å². The Balaban J connectivity index is 1.79. The molecule has 2 aromatic carbocycles. The van der Waals surface area contributed by atoms with Gasteiger partial charge in [0.15, 0.2) is 11.6 Å². The second-order valence-electron chi connectivity index (χ2n) is 5.71. The van der Waals surface area contributed by atoms with Crippen molar-refractivity contribution >= 4 is 0 Å². The standard InChI is InChI=1S/C18H19F2N/c1-12(14-9-10-16(19)17(20)11-14)21-18-8-4-6-13-5-2-3-7-15(13)18/h2-3,5,7,9-12,18,21H,4,6,8H2,1H3. The van der Waals surface area contributed by atoms with Crippen LogP contribution in [-0.2, 0) is 6.42 Å². The first kappa shape index (κ1) is 14.2. The van der Waals surface area contributed by atoms with Crippen LogP contribution in [0.2, 0.25) is 0 Å². The van der Waals surface area contributed by atoms with Crippen molar-refractivity contribution in [1.82, 2.24) is 5.32 Å². The molecular weight excluding hydrogens is 268 g/mol. The molecule has 2 unspecified atom stereocenters. The maximum absolute atomic E-state index is 13.4. The van der Waals surface area contributed by atoms with Crippen LogP contribution in [0, 0.1) is 11.6 Å². The van der Waals surface area contributed by atoms with Crippen LogP contribution >= 0.6 is 0 Å². The minimum Gasteiger partial charge on any atom is -0.303 e. The third kappa shape index (κ3) is 2.98. The van der Waals surface area contributed by atoms with Crippen molar-refractivity contribution in [3.05, 3.63) is 70.8 Å². The normalized spacial score (nSPS) is 19.1. The smallest absolute Gasteiger partial charge is 0.159 e. The van der Waals surface area contributed by atoms with E-state index in [4.69, 9.17) is 0 Å². The van der Waals surface area contributed by atoms with Crippen LogP contribution in [0.4, 0.5) is 8.78 Å². The van der Waals surface area contributed by atoms with Crippen LogP contribution in [0.15, 0.2) is 42.5 Å². The van der Waals surface area contributed by atoms with Gasteiger partial charge in [0.25, 0.3) is 0 Å². The van der Waals surface area contributed by atoms with Gasteiger partial charge in [-0.1, -0.05) is 30.3 Å². The van der Waals surface area contributed by atoms with Crippen molar-refractivity contribution in [2.24, 2.45) is 0 Å². The summed E-state index contributed by atoms with van der Waals surface area (Å²) in [5.41, 5.74) is 3.49. The van der Waals surface area contributed by atoms with Gasteiger partial charge < -0.3 is 5.32 Å². The first-order valence-corrected chi connectivity index (χ1v) is 7.44. The summed E-state index contributed by atoms with van der Waals surface area (Å²) in [4.78, 5) is 0. The van der Waals surface area contributed by atoms with Crippen molar-refractivity contribution in [2.75, 3.05) is 0 Å². The van der Waals surface area contributed by atoms with Gasteiger partial charge in [0.05, 0.1) is 0 Å². The van der Waals surface area contributed by atoms with E-state index in [0.29, 0.717) is 0 Å². The first-order chi connectivity index (χ1) is 10.1. The zero-order chi connectivity index (χ0) is 14.8. The Hall–Kier alpha value is -1.74. The lowest BCUT2D eigenvalue weighted by atomic mass is 9.87. The predicted molar refractivity (Wildman–Crippen MR) is 80.0 cm³/mol. The number of hydrogen-bond donors (Lipinski definition) is 1. The molecule has 0 heterocycles. The number of halogens is 2. The predicted octanol–water partition coefficient (Wildman–Crippen LogP) is 4.69. The second kappa shape index (κ2) is 5.94. The van der Waals surface area contributed by atoms with Gasteiger partial charge in [0.2, 0.25) is 0 Å². The molecule has 1 aliphatic carbocycles. The summed E-state index contributed by atoms with van der Waals surface area (Å²) in [6, 6.07) is 12.8. The van der Waals surface area contributed by atoms with E-state index in [1.165, 1.54) is 23.3 Å². The van der Waals surface area contributed by atoms with Crippen LogP contribution in [0.25, 0.3) is 0 Å². The Kier molecular flexibility index (Phi) is 4.02. The minimum atomic E-state index is -0.797. The topological polar surface area (TPSA) is 12.0 Å². The van der Waals surface area contributed by atoms with E-state index in [2.05, 4.69) is 29.6 Å². The van der Waals surface area contributed by atoms with Crippen molar-refractivity contribution < 1.29 is 8.78 Å². The van der Waals surface area contributed by atoms with E-state index in [1.807, 2.05) is 6.92 Å². The molecule has 21 heavy (non-hydrogen) atoms. The lowest BCUT2D eigenvalue weighted by Gasteiger charge is -2.29. The second-order valence-corrected chi connectivity index (χ2v) is 5.71. The zero-order valence-electron chi connectivity index (χ0n) is 12.1. The molecule has 0 aromatic heterocycles. The lowest BCUT2D eigenvalue weighted by Crippen LogP contribution is -2.27. The average Bonchev–Trinajstić information content (AvgIpc) is 2.50. The highest BCUT2D eigenvalue weighted by atomic mass is 19.2. The van der Waals surface area contributed by atoms with Gasteiger partial charge in [0, 0.05) is 12.1 Å². The Labute approximate surface area is 124 Å². The minimum absolute atomic E-state index is 0.0174. The van der Waals surface area contributed by atoms with Gasteiger partial charge in [-0.05, 0) is 55.0 Å². The quantitative estimate of drug-likeness (QED) is 0.863. The Morgan fingerprint density at radius 3 is 2.71 bits per heavy atom. The molecule has 0 saturated heterocycles.